The van der Waals surface area contributed by atoms with Crippen LogP contribution in [-0.4, -0.2) is 25.8 Å². The van der Waals surface area contributed by atoms with E-state index in [9.17, 15) is 0 Å². The number of methoxy groups -OCH3 is 1. The molecule has 2 nitrogen and oxygen atoms in total. The van der Waals surface area contributed by atoms with Crippen LogP contribution in [0, 0.1) is 0 Å². The smallest absolute Gasteiger partial charge is 0.0803 e. The first-order valence-corrected chi connectivity index (χ1v) is 6.88. The van der Waals surface area contributed by atoms with E-state index in [0.717, 1.165) is 23.4 Å². The average Bonchev–Trinajstić information content (AvgIpc) is 2.38. The van der Waals surface area contributed by atoms with E-state index in [4.69, 9.17) is 27.9 Å². The number of rotatable bonds is 6. The van der Waals surface area contributed by atoms with Crippen LogP contribution in [0.3, 0.4) is 0 Å². The summed E-state index contributed by atoms with van der Waals surface area (Å²) in [6.07, 6.45) is 1.71. The van der Waals surface area contributed by atoms with Crippen molar-refractivity contribution in [2.24, 2.45) is 0 Å². The number of nitrogens with one attached hydrogen (secondary N) is 1. The molecule has 0 radical (unpaired) electrons. The molecule has 0 aliphatic carbocycles. The van der Waals surface area contributed by atoms with Crippen LogP contribution in [0.1, 0.15) is 25.8 Å². The Morgan fingerprint density at radius 2 is 2.06 bits per heavy atom. The summed E-state index contributed by atoms with van der Waals surface area (Å²) >= 11 is 12.2. The van der Waals surface area contributed by atoms with Gasteiger partial charge in [0.2, 0.25) is 0 Å². The Morgan fingerprint density at radius 3 is 2.56 bits per heavy atom. The van der Waals surface area contributed by atoms with Crippen LogP contribution in [0.2, 0.25) is 10.0 Å². The van der Waals surface area contributed by atoms with Gasteiger partial charge in [-0.15, -0.1) is 0 Å². The van der Waals surface area contributed by atoms with E-state index in [0.29, 0.717) is 5.02 Å². The van der Waals surface area contributed by atoms with Crippen molar-refractivity contribution in [3.63, 3.8) is 0 Å². The van der Waals surface area contributed by atoms with Crippen LogP contribution in [0.25, 0.3) is 0 Å². The van der Waals surface area contributed by atoms with E-state index in [1.54, 1.807) is 13.2 Å². The Labute approximate surface area is 120 Å². The summed E-state index contributed by atoms with van der Waals surface area (Å²) < 4.78 is 5.64. The van der Waals surface area contributed by atoms with Crippen LogP contribution >= 0.6 is 23.2 Å². The lowest BCUT2D eigenvalue weighted by Crippen LogP contribution is -2.49. The van der Waals surface area contributed by atoms with Crippen molar-refractivity contribution in [3.8, 4) is 0 Å². The van der Waals surface area contributed by atoms with E-state index in [1.807, 2.05) is 19.2 Å². The minimum atomic E-state index is -0.222. The monoisotopic (exact) mass is 289 g/mol. The van der Waals surface area contributed by atoms with Crippen molar-refractivity contribution >= 4 is 23.2 Å². The molecule has 18 heavy (non-hydrogen) atoms. The number of hydrogen-bond donors (Lipinski definition) is 1. The summed E-state index contributed by atoms with van der Waals surface area (Å²) in [5.41, 5.74) is 0.820. The van der Waals surface area contributed by atoms with Gasteiger partial charge >= 0.3 is 0 Å². The largest absolute Gasteiger partial charge is 0.377 e. The van der Waals surface area contributed by atoms with Gasteiger partial charge < -0.3 is 10.1 Å². The fourth-order valence-electron chi connectivity index (χ4n) is 2.08. The zero-order chi connectivity index (χ0) is 13.8. The predicted octanol–water partition coefficient (Wildman–Crippen LogP) is 3.94. The fraction of sp³-hybridized carbons (Fsp3) is 0.571. The quantitative estimate of drug-likeness (QED) is 0.857. The van der Waals surface area contributed by atoms with E-state index in [2.05, 4.69) is 19.2 Å². The SMILES string of the molecule is CCC(C)(OC)C(Cc1cc(Cl)ccc1Cl)NC. The molecule has 0 aromatic heterocycles. The summed E-state index contributed by atoms with van der Waals surface area (Å²) in [5.74, 6) is 0. The molecule has 102 valence electrons. The van der Waals surface area contributed by atoms with Crippen LogP contribution in [-0.2, 0) is 11.2 Å². The molecule has 0 bridgehead atoms. The third-order valence-electron chi connectivity index (χ3n) is 3.69. The standard InChI is InChI=1S/C14H21Cl2NO/c1-5-14(2,18-4)13(17-3)9-10-8-11(15)6-7-12(10)16/h6-8,13,17H,5,9H2,1-4H3. The molecule has 0 spiro atoms. The topological polar surface area (TPSA) is 21.3 Å². The summed E-state index contributed by atoms with van der Waals surface area (Å²) in [5, 5.41) is 4.77. The Kier molecular flexibility index (Phi) is 5.93. The van der Waals surface area contributed by atoms with Crippen LogP contribution < -0.4 is 5.32 Å². The van der Waals surface area contributed by atoms with E-state index in [-0.39, 0.29) is 11.6 Å². The minimum Gasteiger partial charge on any atom is -0.377 e. The van der Waals surface area contributed by atoms with Gasteiger partial charge in [-0.2, -0.15) is 0 Å². The molecule has 0 saturated heterocycles. The second kappa shape index (κ2) is 6.76. The molecule has 1 aromatic carbocycles. The van der Waals surface area contributed by atoms with Crippen molar-refractivity contribution in [1.29, 1.82) is 0 Å². The lowest BCUT2D eigenvalue weighted by molar-refractivity contribution is -0.0268. The van der Waals surface area contributed by atoms with Gasteiger partial charge in [0.25, 0.3) is 0 Å². The molecule has 2 unspecified atom stereocenters. The molecule has 4 heteroatoms. The van der Waals surface area contributed by atoms with Gasteiger partial charge in [-0.05, 0) is 50.6 Å². The Bertz CT molecular complexity index is 391. The highest BCUT2D eigenvalue weighted by Crippen LogP contribution is 2.27. The Morgan fingerprint density at radius 1 is 1.39 bits per heavy atom. The molecule has 0 amide bonds. The zero-order valence-electron chi connectivity index (χ0n) is 11.4. The van der Waals surface area contributed by atoms with Crippen molar-refractivity contribution in [2.75, 3.05) is 14.2 Å². The van der Waals surface area contributed by atoms with Gasteiger partial charge in [0, 0.05) is 23.2 Å². The molecule has 2 atom stereocenters. The average molecular weight is 290 g/mol. The van der Waals surface area contributed by atoms with Gasteiger partial charge in [-0.25, -0.2) is 0 Å². The molecule has 1 aromatic rings. The first kappa shape index (κ1) is 15.8. The fourth-order valence-corrected chi connectivity index (χ4v) is 2.47. The van der Waals surface area contributed by atoms with Crippen molar-refractivity contribution in [3.05, 3.63) is 33.8 Å². The second-order valence-electron chi connectivity index (χ2n) is 4.65. The highest BCUT2D eigenvalue weighted by molar-refractivity contribution is 6.33. The van der Waals surface area contributed by atoms with E-state index < -0.39 is 0 Å². The van der Waals surface area contributed by atoms with Gasteiger partial charge in [-0.1, -0.05) is 30.1 Å². The zero-order valence-corrected chi connectivity index (χ0v) is 12.9. The summed E-state index contributed by atoms with van der Waals surface area (Å²) in [6, 6.07) is 5.74. The third-order valence-corrected chi connectivity index (χ3v) is 4.29. The lowest BCUT2D eigenvalue weighted by atomic mass is 9.88. The summed E-state index contributed by atoms with van der Waals surface area (Å²) in [6.45, 7) is 4.22. The molecule has 0 saturated carbocycles. The highest BCUT2D eigenvalue weighted by Gasteiger charge is 2.31. The van der Waals surface area contributed by atoms with Gasteiger partial charge in [-0.3, -0.25) is 0 Å². The maximum atomic E-state index is 6.21. The molecule has 1 N–H and O–H groups in total. The first-order valence-electron chi connectivity index (χ1n) is 6.13. The van der Waals surface area contributed by atoms with Gasteiger partial charge in [0.05, 0.1) is 5.60 Å². The normalized spacial score (nSPS) is 16.3. The molecule has 0 aliphatic rings. The molecular formula is C14H21Cl2NO. The first-order chi connectivity index (χ1) is 8.46. The Balaban J connectivity index is 2.95. The molecular weight excluding hydrogens is 269 g/mol. The van der Waals surface area contributed by atoms with Gasteiger partial charge in [0.15, 0.2) is 0 Å². The number of hydrogen-bond acceptors (Lipinski definition) is 2. The van der Waals surface area contributed by atoms with Crippen molar-refractivity contribution in [1.82, 2.24) is 5.32 Å². The maximum absolute atomic E-state index is 6.21. The third kappa shape index (κ3) is 3.61. The number of likely N-dealkylation sites (N-methyl/N-ethyl adjacent to an activating group) is 1. The Hall–Kier alpha value is -0.280. The number of benzene rings is 1. The molecule has 0 aliphatic heterocycles. The van der Waals surface area contributed by atoms with Crippen molar-refractivity contribution < 1.29 is 4.74 Å². The van der Waals surface area contributed by atoms with Crippen LogP contribution in [0.15, 0.2) is 18.2 Å². The maximum Gasteiger partial charge on any atom is 0.0803 e. The molecule has 1 rings (SSSR count). The predicted molar refractivity (Wildman–Crippen MR) is 78.7 cm³/mol. The van der Waals surface area contributed by atoms with E-state index >= 15 is 0 Å². The summed E-state index contributed by atoms with van der Waals surface area (Å²) in [4.78, 5) is 0. The lowest BCUT2D eigenvalue weighted by Gasteiger charge is -2.36. The molecule has 0 fully saturated rings. The number of ether oxygens (including phenoxy) is 1. The summed E-state index contributed by atoms with van der Waals surface area (Å²) in [7, 11) is 3.68. The number of halogens is 2. The second-order valence-corrected chi connectivity index (χ2v) is 5.50. The minimum absolute atomic E-state index is 0.184. The van der Waals surface area contributed by atoms with Gasteiger partial charge in [0.1, 0.15) is 0 Å². The van der Waals surface area contributed by atoms with Crippen LogP contribution in [0.4, 0.5) is 0 Å². The molecule has 0 heterocycles. The van der Waals surface area contributed by atoms with E-state index in [1.165, 1.54) is 0 Å². The van der Waals surface area contributed by atoms with Crippen molar-refractivity contribution in [2.45, 2.75) is 38.3 Å². The highest BCUT2D eigenvalue weighted by atomic mass is 35.5. The van der Waals surface area contributed by atoms with Crippen LogP contribution in [0.5, 0.6) is 0 Å².